The first-order valence-electron chi connectivity index (χ1n) is 9.50. The summed E-state index contributed by atoms with van der Waals surface area (Å²) in [6.45, 7) is 2.05. The Kier molecular flexibility index (Phi) is 7.20. The van der Waals surface area contributed by atoms with Gasteiger partial charge in [-0.1, -0.05) is 31.2 Å². The van der Waals surface area contributed by atoms with Crippen molar-refractivity contribution in [1.29, 1.82) is 5.26 Å². The molecule has 0 atom stereocenters. The maximum Gasteiger partial charge on any atom is 0.353 e. The Labute approximate surface area is 184 Å². The number of amides is 1. The topological polar surface area (TPSA) is 88.4 Å². The van der Waals surface area contributed by atoms with E-state index < -0.39 is 11.9 Å². The predicted octanol–water partition coefficient (Wildman–Crippen LogP) is 5.08. The van der Waals surface area contributed by atoms with Crippen LogP contribution < -0.4 is 14.8 Å². The van der Waals surface area contributed by atoms with Crippen molar-refractivity contribution in [2.75, 3.05) is 12.4 Å². The number of hydrogen-bond donors (Lipinski definition) is 1. The van der Waals surface area contributed by atoms with Gasteiger partial charge in [0.05, 0.1) is 7.11 Å². The average Bonchev–Trinajstić information content (AvgIpc) is 3.34. The van der Waals surface area contributed by atoms with Crippen LogP contribution in [0, 0.1) is 11.3 Å². The Bertz CT molecular complexity index is 1140. The minimum atomic E-state index is -0.515. The van der Waals surface area contributed by atoms with Gasteiger partial charge in [0, 0.05) is 5.69 Å². The first-order chi connectivity index (χ1) is 15.0. The molecule has 0 bridgehead atoms. The van der Waals surface area contributed by atoms with Crippen molar-refractivity contribution in [3.8, 4) is 17.6 Å². The number of carbonyl (C=O) groups is 2. The summed E-state index contributed by atoms with van der Waals surface area (Å²) in [7, 11) is 1.45. The van der Waals surface area contributed by atoms with E-state index in [0.29, 0.717) is 21.9 Å². The molecule has 1 N–H and O–H groups in total. The zero-order valence-corrected chi connectivity index (χ0v) is 17.9. The molecule has 0 radical (unpaired) electrons. The molecule has 31 heavy (non-hydrogen) atoms. The minimum absolute atomic E-state index is 0.0649. The second-order valence-corrected chi connectivity index (χ2v) is 7.40. The van der Waals surface area contributed by atoms with E-state index in [2.05, 4.69) is 5.32 Å². The van der Waals surface area contributed by atoms with Gasteiger partial charge in [-0.25, -0.2) is 4.79 Å². The number of anilines is 1. The largest absolute Gasteiger partial charge is 0.493 e. The number of benzene rings is 2. The van der Waals surface area contributed by atoms with E-state index >= 15 is 0 Å². The Hall–Kier alpha value is -3.89. The Morgan fingerprint density at radius 2 is 1.90 bits per heavy atom. The molecule has 0 spiro atoms. The number of nitrogens with zero attached hydrogens (tertiary/aromatic N) is 1. The predicted molar refractivity (Wildman–Crippen MR) is 120 cm³/mol. The number of methoxy groups -OCH3 is 1. The highest BCUT2D eigenvalue weighted by Gasteiger charge is 2.15. The molecule has 0 saturated heterocycles. The van der Waals surface area contributed by atoms with Crippen LogP contribution in [0.3, 0.4) is 0 Å². The Morgan fingerprint density at radius 3 is 2.52 bits per heavy atom. The van der Waals surface area contributed by atoms with Crippen molar-refractivity contribution in [3.05, 3.63) is 81.6 Å². The van der Waals surface area contributed by atoms with E-state index in [1.165, 1.54) is 24.5 Å². The summed E-state index contributed by atoms with van der Waals surface area (Å²) in [6.07, 6.45) is 2.35. The summed E-state index contributed by atoms with van der Waals surface area (Å²) in [5, 5.41) is 13.9. The third kappa shape index (κ3) is 5.59. The highest BCUT2D eigenvalue weighted by molar-refractivity contribution is 7.12. The Morgan fingerprint density at radius 1 is 1.13 bits per heavy atom. The summed E-state index contributed by atoms with van der Waals surface area (Å²) >= 11 is 1.28. The van der Waals surface area contributed by atoms with Crippen LogP contribution in [0.4, 0.5) is 5.69 Å². The summed E-state index contributed by atoms with van der Waals surface area (Å²) in [5.74, 6) is -0.440. The molecule has 6 nitrogen and oxygen atoms in total. The number of nitrogens with one attached hydrogen (secondary N) is 1. The molecule has 0 aliphatic heterocycles. The first kappa shape index (κ1) is 21.8. The SMILES string of the molecule is CCc1ccc(NC(=O)/C(C#N)=C/c2ccc(OC(=O)c3cccs3)c(OC)c2)cc1. The molecule has 2 aromatic carbocycles. The summed E-state index contributed by atoms with van der Waals surface area (Å²) in [4.78, 5) is 25.2. The maximum atomic E-state index is 12.5. The van der Waals surface area contributed by atoms with Gasteiger partial charge in [-0.3, -0.25) is 4.79 Å². The van der Waals surface area contributed by atoms with Gasteiger partial charge in [0.2, 0.25) is 0 Å². The van der Waals surface area contributed by atoms with Crippen molar-refractivity contribution < 1.29 is 19.1 Å². The molecule has 0 aliphatic rings. The maximum absolute atomic E-state index is 12.5. The second kappa shape index (κ2) is 10.2. The molecule has 0 unspecified atom stereocenters. The van der Waals surface area contributed by atoms with Crippen LogP contribution in [0.15, 0.2) is 65.6 Å². The van der Waals surface area contributed by atoms with Crippen LogP contribution in [0.5, 0.6) is 11.5 Å². The molecule has 3 rings (SSSR count). The standard InChI is InChI=1S/C24H20N2O4S/c1-3-16-6-9-19(10-7-16)26-23(27)18(15-25)13-17-8-11-20(21(14-17)29-2)30-24(28)22-5-4-12-31-22/h4-14H,3H2,1-2H3,(H,26,27)/b18-13+. The number of thiophene rings is 1. The minimum Gasteiger partial charge on any atom is -0.493 e. The molecular weight excluding hydrogens is 412 g/mol. The highest BCUT2D eigenvalue weighted by Crippen LogP contribution is 2.30. The Balaban J connectivity index is 1.77. The van der Waals surface area contributed by atoms with Gasteiger partial charge in [0.25, 0.3) is 5.91 Å². The zero-order chi connectivity index (χ0) is 22.2. The molecule has 0 fully saturated rings. The number of ether oxygens (including phenoxy) is 2. The monoisotopic (exact) mass is 432 g/mol. The lowest BCUT2D eigenvalue weighted by molar-refractivity contribution is -0.112. The molecule has 1 aromatic heterocycles. The van der Waals surface area contributed by atoms with Crippen molar-refractivity contribution >= 4 is 35.0 Å². The number of rotatable bonds is 7. The van der Waals surface area contributed by atoms with Crippen molar-refractivity contribution in [1.82, 2.24) is 0 Å². The van der Waals surface area contributed by atoms with E-state index in [1.54, 1.807) is 47.8 Å². The van der Waals surface area contributed by atoms with E-state index in [4.69, 9.17) is 9.47 Å². The molecule has 3 aromatic rings. The highest BCUT2D eigenvalue weighted by atomic mass is 32.1. The summed E-state index contributed by atoms with van der Waals surface area (Å²) < 4.78 is 10.7. The van der Waals surface area contributed by atoms with Crippen LogP contribution in [-0.4, -0.2) is 19.0 Å². The molecular formula is C24H20N2O4S. The number of nitriles is 1. The molecule has 156 valence electrons. The molecule has 1 amide bonds. The number of aryl methyl sites for hydroxylation is 1. The van der Waals surface area contributed by atoms with E-state index in [-0.39, 0.29) is 11.3 Å². The number of carbonyl (C=O) groups excluding carboxylic acids is 2. The van der Waals surface area contributed by atoms with Crippen LogP contribution in [0.1, 0.15) is 27.7 Å². The van der Waals surface area contributed by atoms with Crippen LogP contribution in [0.25, 0.3) is 6.08 Å². The fourth-order valence-electron chi connectivity index (χ4n) is 2.74. The number of hydrogen-bond acceptors (Lipinski definition) is 6. The van der Waals surface area contributed by atoms with Gasteiger partial charge >= 0.3 is 5.97 Å². The normalized spacial score (nSPS) is 10.8. The van der Waals surface area contributed by atoms with Crippen LogP contribution in [-0.2, 0) is 11.2 Å². The number of esters is 1. The van der Waals surface area contributed by atoms with E-state index in [9.17, 15) is 14.9 Å². The fraction of sp³-hybridized carbons (Fsp3) is 0.125. The lowest BCUT2D eigenvalue weighted by Crippen LogP contribution is -2.13. The van der Waals surface area contributed by atoms with E-state index in [0.717, 1.165) is 12.0 Å². The fourth-order valence-corrected chi connectivity index (χ4v) is 3.34. The molecule has 0 saturated carbocycles. The third-order valence-corrected chi connectivity index (χ3v) is 5.26. The van der Waals surface area contributed by atoms with E-state index in [1.807, 2.05) is 25.1 Å². The van der Waals surface area contributed by atoms with Crippen molar-refractivity contribution in [3.63, 3.8) is 0 Å². The molecule has 1 heterocycles. The van der Waals surface area contributed by atoms with Gasteiger partial charge in [-0.2, -0.15) is 5.26 Å². The quantitative estimate of drug-likeness (QED) is 0.243. The van der Waals surface area contributed by atoms with Gasteiger partial charge in [-0.15, -0.1) is 11.3 Å². The third-order valence-electron chi connectivity index (χ3n) is 4.41. The molecule has 0 aliphatic carbocycles. The second-order valence-electron chi connectivity index (χ2n) is 6.45. The van der Waals surface area contributed by atoms with Gasteiger partial charge in [0.15, 0.2) is 11.5 Å². The van der Waals surface area contributed by atoms with Crippen LogP contribution >= 0.6 is 11.3 Å². The van der Waals surface area contributed by atoms with Crippen molar-refractivity contribution in [2.45, 2.75) is 13.3 Å². The smallest absolute Gasteiger partial charge is 0.353 e. The van der Waals surface area contributed by atoms with Gasteiger partial charge < -0.3 is 14.8 Å². The summed E-state index contributed by atoms with van der Waals surface area (Å²) in [5.41, 5.74) is 2.25. The summed E-state index contributed by atoms with van der Waals surface area (Å²) in [6, 6.07) is 17.6. The zero-order valence-electron chi connectivity index (χ0n) is 17.0. The van der Waals surface area contributed by atoms with Gasteiger partial charge in [0.1, 0.15) is 16.5 Å². The van der Waals surface area contributed by atoms with Crippen molar-refractivity contribution in [2.24, 2.45) is 0 Å². The first-order valence-corrected chi connectivity index (χ1v) is 10.4. The average molecular weight is 433 g/mol. The van der Waals surface area contributed by atoms with Gasteiger partial charge in [-0.05, 0) is 59.3 Å². The molecule has 7 heteroatoms. The lowest BCUT2D eigenvalue weighted by atomic mass is 10.1. The van der Waals surface area contributed by atoms with Crippen LogP contribution in [0.2, 0.25) is 0 Å². The lowest BCUT2D eigenvalue weighted by Gasteiger charge is -2.10.